The van der Waals surface area contributed by atoms with Crippen molar-refractivity contribution in [1.29, 1.82) is 0 Å². The van der Waals surface area contributed by atoms with Gasteiger partial charge in [-0.25, -0.2) is 0 Å². The van der Waals surface area contributed by atoms with Gasteiger partial charge in [0.05, 0.1) is 0 Å². The molecule has 0 saturated carbocycles. The first-order valence-corrected chi connectivity index (χ1v) is 6.91. The van der Waals surface area contributed by atoms with Crippen LogP contribution in [0.4, 0.5) is 0 Å². The molecule has 1 unspecified atom stereocenters. The molecule has 0 bridgehead atoms. The number of primary amides is 1. The van der Waals surface area contributed by atoms with E-state index in [-0.39, 0.29) is 17.4 Å². The van der Waals surface area contributed by atoms with Gasteiger partial charge < -0.3 is 11.5 Å². The highest BCUT2D eigenvalue weighted by atomic mass is 16.1. The maximum Gasteiger partial charge on any atom is 0.217 e. The first-order chi connectivity index (χ1) is 9.39. The molecule has 2 aromatic carbocycles. The van der Waals surface area contributed by atoms with E-state index in [0.29, 0.717) is 6.42 Å². The second kappa shape index (κ2) is 5.63. The van der Waals surface area contributed by atoms with Crippen molar-refractivity contribution in [3.05, 3.63) is 48.0 Å². The third-order valence-corrected chi connectivity index (χ3v) is 3.65. The van der Waals surface area contributed by atoms with Crippen LogP contribution in [0.5, 0.6) is 0 Å². The number of amides is 1. The summed E-state index contributed by atoms with van der Waals surface area (Å²) in [5.74, 6) is -0.278. The molecule has 1 amide bonds. The SMILES string of the molecule is CC(C)(CC(N)=O)CC(N)c1cccc2ccccc12. The van der Waals surface area contributed by atoms with E-state index in [1.807, 2.05) is 32.0 Å². The summed E-state index contributed by atoms with van der Waals surface area (Å²) in [5, 5.41) is 2.37. The van der Waals surface area contributed by atoms with Gasteiger partial charge in [-0.05, 0) is 28.2 Å². The first-order valence-electron chi connectivity index (χ1n) is 6.91. The van der Waals surface area contributed by atoms with Gasteiger partial charge in [0.2, 0.25) is 5.91 Å². The molecule has 0 saturated heterocycles. The summed E-state index contributed by atoms with van der Waals surface area (Å²) in [6.45, 7) is 4.06. The molecule has 20 heavy (non-hydrogen) atoms. The predicted molar refractivity (Wildman–Crippen MR) is 83.1 cm³/mol. The Bertz CT molecular complexity index is 614. The lowest BCUT2D eigenvalue weighted by Gasteiger charge is -2.27. The van der Waals surface area contributed by atoms with Crippen molar-refractivity contribution in [2.24, 2.45) is 16.9 Å². The van der Waals surface area contributed by atoms with Crippen LogP contribution in [0.1, 0.15) is 38.3 Å². The van der Waals surface area contributed by atoms with Crippen molar-refractivity contribution in [3.63, 3.8) is 0 Å². The van der Waals surface area contributed by atoms with E-state index < -0.39 is 0 Å². The lowest BCUT2D eigenvalue weighted by molar-refractivity contribution is -0.120. The van der Waals surface area contributed by atoms with Gasteiger partial charge in [0.25, 0.3) is 0 Å². The van der Waals surface area contributed by atoms with E-state index in [9.17, 15) is 4.79 Å². The van der Waals surface area contributed by atoms with Crippen molar-refractivity contribution in [2.75, 3.05) is 0 Å². The molecule has 0 aliphatic rings. The molecular weight excluding hydrogens is 248 g/mol. The third kappa shape index (κ3) is 3.36. The number of benzene rings is 2. The molecule has 0 aliphatic heterocycles. The summed E-state index contributed by atoms with van der Waals surface area (Å²) in [4.78, 5) is 11.1. The average molecular weight is 270 g/mol. The zero-order valence-electron chi connectivity index (χ0n) is 12.1. The van der Waals surface area contributed by atoms with Crippen LogP contribution < -0.4 is 11.5 Å². The second-order valence-electron chi connectivity index (χ2n) is 6.19. The smallest absolute Gasteiger partial charge is 0.217 e. The number of nitrogens with two attached hydrogens (primary N) is 2. The normalized spacial score (nSPS) is 13.3. The van der Waals surface area contributed by atoms with Crippen LogP contribution in [-0.4, -0.2) is 5.91 Å². The molecule has 106 valence electrons. The Morgan fingerprint density at radius 1 is 1.15 bits per heavy atom. The molecule has 0 spiro atoms. The van der Waals surface area contributed by atoms with Gasteiger partial charge in [0.1, 0.15) is 0 Å². The zero-order chi connectivity index (χ0) is 14.8. The van der Waals surface area contributed by atoms with Crippen LogP contribution in [0.3, 0.4) is 0 Å². The highest BCUT2D eigenvalue weighted by molar-refractivity contribution is 5.86. The lowest BCUT2D eigenvalue weighted by atomic mass is 9.80. The minimum atomic E-state index is -0.278. The van der Waals surface area contributed by atoms with E-state index in [1.54, 1.807) is 0 Å². The van der Waals surface area contributed by atoms with Crippen molar-refractivity contribution in [2.45, 2.75) is 32.7 Å². The van der Waals surface area contributed by atoms with Crippen LogP contribution in [0.2, 0.25) is 0 Å². The van der Waals surface area contributed by atoms with E-state index in [0.717, 1.165) is 12.0 Å². The summed E-state index contributed by atoms with van der Waals surface area (Å²) >= 11 is 0. The molecule has 0 aliphatic carbocycles. The highest BCUT2D eigenvalue weighted by Gasteiger charge is 2.25. The van der Waals surface area contributed by atoms with Crippen molar-refractivity contribution in [3.8, 4) is 0 Å². The summed E-state index contributed by atoms with van der Waals surface area (Å²) in [6, 6.07) is 14.3. The van der Waals surface area contributed by atoms with Gasteiger partial charge in [0.15, 0.2) is 0 Å². The topological polar surface area (TPSA) is 69.1 Å². The van der Waals surface area contributed by atoms with Gasteiger partial charge in [-0.15, -0.1) is 0 Å². The number of rotatable bonds is 5. The maximum absolute atomic E-state index is 11.1. The summed E-state index contributed by atoms with van der Waals surface area (Å²) in [5.41, 5.74) is 12.6. The number of carbonyl (C=O) groups is 1. The Morgan fingerprint density at radius 2 is 1.80 bits per heavy atom. The Hall–Kier alpha value is -1.87. The number of fused-ring (bicyclic) bond motifs is 1. The molecule has 3 nitrogen and oxygen atoms in total. The van der Waals surface area contributed by atoms with Gasteiger partial charge in [0, 0.05) is 12.5 Å². The largest absolute Gasteiger partial charge is 0.370 e. The molecular formula is C17H22N2O. The quantitative estimate of drug-likeness (QED) is 0.876. The number of hydrogen-bond acceptors (Lipinski definition) is 2. The Morgan fingerprint density at radius 3 is 2.50 bits per heavy atom. The van der Waals surface area contributed by atoms with E-state index in [1.165, 1.54) is 10.8 Å². The maximum atomic E-state index is 11.1. The van der Waals surface area contributed by atoms with E-state index in [2.05, 4.69) is 24.3 Å². The summed E-state index contributed by atoms with van der Waals surface area (Å²) in [7, 11) is 0. The molecule has 0 fully saturated rings. The van der Waals surface area contributed by atoms with Crippen molar-refractivity contribution < 1.29 is 4.79 Å². The molecule has 0 aromatic heterocycles. The summed E-state index contributed by atoms with van der Waals surface area (Å²) < 4.78 is 0. The highest BCUT2D eigenvalue weighted by Crippen LogP contribution is 2.34. The van der Waals surface area contributed by atoms with Gasteiger partial charge in [-0.1, -0.05) is 56.3 Å². The number of hydrogen-bond donors (Lipinski definition) is 2. The molecule has 0 radical (unpaired) electrons. The summed E-state index contributed by atoms with van der Waals surface area (Å²) in [6.07, 6.45) is 1.08. The fourth-order valence-electron chi connectivity index (χ4n) is 2.82. The molecule has 2 rings (SSSR count). The first kappa shape index (κ1) is 14.5. The molecule has 4 N–H and O–H groups in total. The van der Waals surface area contributed by atoms with Crippen molar-refractivity contribution >= 4 is 16.7 Å². The van der Waals surface area contributed by atoms with Gasteiger partial charge in [-0.3, -0.25) is 4.79 Å². The van der Waals surface area contributed by atoms with Crippen LogP contribution in [0.25, 0.3) is 10.8 Å². The monoisotopic (exact) mass is 270 g/mol. The molecule has 2 aromatic rings. The van der Waals surface area contributed by atoms with E-state index in [4.69, 9.17) is 11.5 Å². The Labute approximate surface area is 120 Å². The molecule has 1 atom stereocenters. The third-order valence-electron chi connectivity index (χ3n) is 3.65. The second-order valence-corrected chi connectivity index (χ2v) is 6.19. The molecule has 0 heterocycles. The fourth-order valence-corrected chi connectivity index (χ4v) is 2.82. The van der Waals surface area contributed by atoms with Gasteiger partial charge >= 0.3 is 0 Å². The molecule has 3 heteroatoms. The zero-order valence-corrected chi connectivity index (χ0v) is 12.1. The predicted octanol–water partition coefficient (Wildman–Crippen LogP) is 3.13. The average Bonchev–Trinajstić information content (AvgIpc) is 2.35. The van der Waals surface area contributed by atoms with Crippen LogP contribution in [0.15, 0.2) is 42.5 Å². The lowest BCUT2D eigenvalue weighted by Crippen LogP contribution is -2.27. The van der Waals surface area contributed by atoms with Crippen molar-refractivity contribution in [1.82, 2.24) is 0 Å². The minimum Gasteiger partial charge on any atom is -0.370 e. The van der Waals surface area contributed by atoms with Crippen LogP contribution >= 0.6 is 0 Å². The number of carbonyl (C=O) groups excluding carboxylic acids is 1. The Balaban J connectivity index is 2.28. The van der Waals surface area contributed by atoms with Gasteiger partial charge in [-0.2, -0.15) is 0 Å². The van der Waals surface area contributed by atoms with Crippen LogP contribution in [0, 0.1) is 5.41 Å². The standard InChI is InChI=1S/C17H22N2O/c1-17(2,11-16(19)20)10-15(18)14-9-5-7-12-6-3-4-8-13(12)14/h3-9,15H,10-11,18H2,1-2H3,(H2,19,20). The minimum absolute atomic E-state index is 0.101. The van der Waals surface area contributed by atoms with Crippen LogP contribution in [-0.2, 0) is 4.79 Å². The van der Waals surface area contributed by atoms with E-state index >= 15 is 0 Å². The fraction of sp³-hybridized carbons (Fsp3) is 0.353. The Kier molecular flexibility index (Phi) is 4.09.